The number of hydrogen-bond donors (Lipinski definition) is 1. The van der Waals surface area contributed by atoms with Crippen molar-refractivity contribution in [2.24, 2.45) is 0 Å². The van der Waals surface area contributed by atoms with Gasteiger partial charge in [-0.2, -0.15) is 0 Å². The van der Waals surface area contributed by atoms with Gasteiger partial charge in [-0.05, 0) is 29.7 Å². The van der Waals surface area contributed by atoms with Gasteiger partial charge in [0, 0.05) is 27.6 Å². The van der Waals surface area contributed by atoms with Crippen LogP contribution in [0.25, 0.3) is 0 Å². The quantitative estimate of drug-likeness (QED) is 0.512. The Morgan fingerprint density at radius 2 is 1.75 bits per heavy atom. The van der Waals surface area contributed by atoms with Gasteiger partial charge in [-0.15, -0.1) is 0 Å². The Balaban J connectivity index is 2.23. The number of hydrogen-bond acceptors (Lipinski definition) is 4. The van der Waals surface area contributed by atoms with Crippen LogP contribution in [-0.4, -0.2) is 4.92 Å². The molecule has 20 heavy (non-hydrogen) atoms. The van der Waals surface area contributed by atoms with E-state index in [1.807, 2.05) is 12.1 Å². The van der Waals surface area contributed by atoms with Crippen LogP contribution < -0.4 is 5.73 Å². The van der Waals surface area contributed by atoms with E-state index >= 15 is 0 Å². The lowest BCUT2D eigenvalue weighted by atomic mass is 10.0. The first-order valence-electron chi connectivity index (χ1n) is 6.28. The Morgan fingerprint density at radius 1 is 1.10 bits per heavy atom. The molecule has 0 aliphatic rings. The highest BCUT2D eigenvalue weighted by molar-refractivity contribution is 7.99. The highest BCUT2D eigenvalue weighted by atomic mass is 32.2. The third-order valence-electron chi connectivity index (χ3n) is 2.91. The normalized spacial score (nSPS) is 10.8. The maximum absolute atomic E-state index is 10.8. The van der Waals surface area contributed by atoms with Gasteiger partial charge in [0.15, 0.2) is 0 Å². The highest BCUT2D eigenvalue weighted by Crippen LogP contribution is 2.32. The molecule has 0 saturated carbocycles. The van der Waals surface area contributed by atoms with Crippen molar-refractivity contribution in [3.63, 3.8) is 0 Å². The topological polar surface area (TPSA) is 69.2 Å². The van der Waals surface area contributed by atoms with E-state index in [0.717, 1.165) is 9.79 Å². The zero-order valence-corrected chi connectivity index (χ0v) is 12.2. The van der Waals surface area contributed by atoms with Crippen molar-refractivity contribution in [1.82, 2.24) is 0 Å². The van der Waals surface area contributed by atoms with Gasteiger partial charge in [0.2, 0.25) is 0 Å². The van der Waals surface area contributed by atoms with Gasteiger partial charge in [0.1, 0.15) is 0 Å². The van der Waals surface area contributed by atoms with E-state index < -0.39 is 4.92 Å². The van der Waals surface area contributed by atoms with Crippen LogP contribution in [0.4, 0.5) is 11.4 Å². The highest BCUT2D eigenvalue weighted by Gasteiger charge is 2.09. The Hall–Kier alpha value is -2.01. The van der Waals surface area contributed by atoms with E-state index in [1.165, 1.54) is 29.5 Å². The summed E-state index contributed by atoms with van der Waals surface area (Å²) in [6.45, 7) is 4.28. The molecular weight excluding hydrogens is 272 g/mol. The monoisotopic (exact) mass is 288 g/mol. The van der Waals surface area contributed by atoms with E-state index in [4.69, 9.17) is 5.73 Å². The maximum atomic E-state index is 10.8. The zero-order chi connectivity index (χ0) is 14.7. The molecule has 2 rings (SSSR count). The molecule has 2 aromatic rings. The lowest BCUT2D eigenvalue weighted by Crippen LogP contribution is -1.92. The van der Waals surface area contributed by atoms with Crippen LogP contribution in [0.2, 0.25) is 0 Å². The largest absolute Gasteiger partial charge is 0.398 e. The summed E-state index contributed by atoms with van der Waals surface area (Å²) in [6, 6.07) is 12.8. The average Bonchev–Trinajstić information content (AvgIpc) is 2.38. The SMILES string of the molecule is CC(C)c1ccc(Sc2cc(N)cc([N+](=O)[O-])c2)cc1. The fourth-order valence-corrected chi connectivity index (χ4v) is 2.75. The Morgan fingerprint density at radius 3 is 2.30 bits per heavy atom. The molecule has 0 unspecified atom stereocenters. The minimum atomic E-state index is -0.428. The molecule has 0 fully saturated rings. The fourth-order valence-electron chi connectivity index (χ4n) is 1.83. The number of benzene rings is 2. The first kappa shape index (κ1) is 14.4. The predicted octanol–water partition coefficient (Wildman–Crippen LogP) is 4.45. The zero-order valence-electron chi connectivity index (χ0n) is 11.4. The summed E-state index contributed by atoms with van der Waals surface area (Å²) in [5.41, 5.74) is 7.39. The van der Waals surface area contributed by atoms with Crippen molar-refractivity contribution in [2.45, 2.75) is 29.6 Å². The molecule has 0 aliphatic heterocycles. The van der Waals surface area contributed by atoms with Gasteiger partial charge >= 0.3 is 0 Å². The minimum Gasteiger partial charge on any atom is -0.398 e. The molecule has 0 amide bonds. The second-order valence-corrected chi connectivity index (χ2v) is 5.99. The van der Waals surface area contributed by atoms with Gasteiger partial charge < -0.3 is 5.73 Å². The summed E-state index contributed by atoms with van der Waals surface area (Å²) in [4.78, 5) is 12.2. The van der Waals surface area contributed by atoms with E-state index in [1.54, 1.807) is 6.07 Å². The summed E-state index contributed by atoms with van der Waals surface area (Å²) in [5, 5.41) is 10.8. The van der Waals surface area contributed by atoms with Gasteiger partial charge in [0.25, 0.3) is 5.69 Å². The van der Waals surface area contributed by atoms with E-state index in [9.17, 15) is 10.1 Å². The lowest BCUT2D eigenvalue weighted by Gasteiger charge is -2.07. The molecule has 0 aromatic heterocycles. The number of rotatable bonds is 4. The molecule has 0 aliphatic carbocycles. The number of nitrogen functional groups attached to an aromatic ring is 1. The van der Waals surface area contributed by atoms with Crippen molar-refractivity contribution in [2.75, 3.05) is 5.73 Å². The number of nitrogens with zero attached hydrogens (tertiary/aromatic N) is 1. The molecule has 0 spiro atoms. The summed E-state index contributed by atoms with van der Waals surface area (Å²) < 4.78 is 0. The fraction of sp³-hybridized carbons (Fsp3) is 0.200. The second-order valence-electron chi connectivity index (χ2n) is 4.84. The molecule has 0 heterocycles. The molecule has 2 N–H and O–H groups in total. The first-order valence-corrected chi connectivity index (χ1v) is 7.10. The Bertz CT molecular complexity index is 624. The summed E-state index contributed by atoms with van der Waals surface area (Å²) in [7, 11) is 0. The van der Waals surface area contributed by atoms with Gasteiger partial charge in [-0.25, -0.2) is 0 Å². The molecule has 0 bridgehead atoms. The van der Waals surface area contributed by atoms with Gasteiger partial charge in [0.05, 0.1) is 4.92 Å². The van der Waals surface area contributed by atoms with E-state index in [2.05, 4.69) is 26.0 Å². The van der Waals surface area contributed by atoms with Gasteiger partial charge in [-0.3, -0.25) is 10.1 Å². The third kappa shape index (κ3) is 3.51. The van der Waals surface area contributed by atoms with E-state index in [0.29, 0.717) is 11.6 Å². The van der Waals surface area contributed by atoms with Crippen molar-refractivity contribution >= 4 is 23.1 Å². The third-order valence-corrected chi connectivity index (χ3v) is 3.89. The van der Waals surface area contributed by atoms with Crippen molar-refractivity contribution in [1.29, 1.82) is 0 Å². The second kappa shape index (κ2) is 5.96. The van der Waals surface area contributed by atoms with Crippen LogP contribution >= 0.6 is 11.8 Å². The van der Waals surface area contributed by atoms with Crippen molar-refractivity contribution in [3.05, 3.63) is 58.1 Å². The first-order chi connectivity index (χ1) is 9.45. The summed E-state index contributed by atoms with van der Waals surface area (Å²) in [6.07, 6.45) is 0. The molecule has 0 radical (unpaired) electrons. The molecular formula is C15H16N2O2S. The molecule has 5 heteroatoms. The van der Waals surface area contributed by atoms with Crippen LogP contribution in [0, 0.1) is 10.1 Å². The average molecular weight is 288 g/mol. The Kier molecular flexibility index (Phi) is 4.29. The number of nitro groups is 1. The van der Waals surface area contributed by atoms with Gasteiger partial charge in [-0.1, -0.05) is 37.7 Å². The maximum Gasteiger partial charge on any atom is 0.272 e. The number of nitrogens with two attached hydrogens (primary N) is 1. The van der Waals surface area contributed by atoms with Crippen LogP contribution in [0.5, 0.6) is 0 Å². The van der Waals surface area contributed by atoms with Crippen LogP contribution in [0.15, 0.2) is 52.3 Å². The number of anilines is 1. The molecule has 4 nitrogen and oxygen atoms in total. The minimum absolute atomic E-state index is 0.0197. The van der Waals surface area contributed by atoms with Crippen LogP contribution in [-0.2, 0) is 0 Å². The number of nitro benzene ring substituents is 1. The molecule has 104 valence electrons. The Labute approximate surface area is 122 Å². The molecule has 0 saturated heterocycles. The van der Waals surface area contributed by atoms with Crippen LogP contribution in [0.1, 0.15) is 25.3 Å². The van der Waals surface area contributed by atoms with Crippen molar-refractivity contribution < 1.29 is 4.92 Å². The van der Waals surface area contributed by atoms with Crippen molar-refractivity contribution in [3.8, 4) is 0 Å². The molecule has 2 aromatic carbocycles. The van der Waals surface area contributed by atoms with Crippen LogP contribution in [0.3, 0.4) is 0 Å². The van der Waals surface area contributed by atoms with E-state index in [-0.39, 0.29) is 5.69 Å². The smallest absolute Gasteiger partial charge is 0.272 e. The molecule has 0 atom stereocenters. The number of non-ortho nitro benzene ring substituents is 1. The lowest BCUT2D eigenvalue weighted by molar-refractivity contribution is -0.385. The standard InChI is InChI=1S/C15H16N2O2S/c1-10(2)11-3-5-14(6-4-11)20-15-8-12(16)7-13(9-15)17(18)19/h3-10H,16H2,1-2H3. The predicted molar refractivity (Wildman–Crippen MR) is 82.2 cm³/mol. The summed E-state index contributed by atoms with van der Waals surface area (Å²) in [5.74, 6) is 0.488. The summed E-state index contributed by atoms with van der Waals surface area (Å²) >= 11 is 1.47.